The summed E-state index contributed by atoms with van der Waals surface area (Å²) in [4.78, 5) is 16.6. The summed E-state index contributed by atoms with van der Waals surface area (Å²) >= 11 is 1.57. The number of thiophene rings is 1. The summed E-state index contributed by atoms with van der Waals surface area (Å²) in [6.45, 7) is 5.27. The molecule has 1 aliphatic carbocycles. The van der Waals surface area contributed by atoms with Crippen LogP contribution in [0.15, 0.2) is 12.1 Å². The van der Waals surface area contributed by atoms with E-state index in [1.807, 2.05) is 19.1 Å². The van der Waals surface area contributed by atoms with E-state index in [4.69, 9.17) is 0 Å². The Hall–Kier alpha value is -0.870. The molecule has 2 heterocycles. The van der Waals surface area contributed by atoms with E-state index in [1.165, 1.54) is 37.2 Å². The Morgan fingerprint density at radius 3 is 2.94 bits per heavy atom. The molecule has 3 nitrogen and oxygen atoms in total. The van der Waals surface area contributed by atoms with Crippen LogP contribution in [-0.2, 0) is 0 Å². The Bertz CT molecular complexity index is 439. The van der Waals surface area contributed by atoms with E-state index in [-0.39, 0.29) is 5.91 Å². The highest BCUT2D eigenvalue weighted by Crippen LogP contribution is 2.31. The second-order valence-electron chi connectivity index (χ2n) is 5.50. The summed E-state index contributed by atoms with van der Waals surface area (Å²) in [7, 11) is 0. The third kappa shape index (κ3) is 2.75. The first kappa shape index (κ1) is 12.2. The number of likely N-dealkylation sites (tertiary alicyclic amines) is 1. The quantitative estimate of drug-likeness (QED) is 0.905. The summed E-state index contributed by atoms with van der Waals surface area (Å²) < 4.78 is 0. The van der Waals surface area contributed by atoms with Crippen molar-refractivity contribution in [2.45, 2.75) is 32.2 Å². The van der Waals surface area contributed by atoms with Gasteiger partial charge in [-0.25, -0.2) is 0 Å². The lowest BCUT2D eigenvalue weighted by Gasteiger charge is -2.14. The van der Waals surface area contributed by atoms with Gasteiger partial charge in [0.1, 0.15) is 0 Å². The molecule has 3 rings (SSSR count). The van der Waals surface area contributed by atoms with Crippen molar-refractivity contribution in [3.8, 4) is 0 Å². The standard InChI is InChI=1S/C14H20N2OS/c1-10-2-5-13(18-10)14(17)15-8-11-6-7-16(9-11)12-3-4-12/h2,5,11-12H,3-4,6-9H2,1H3,(H,15,17)/t11-/m1/s1. The van der Waals surface area contributed by atoms with E-state index in [0.717, 1.165) is 17.5 Å². The van der Waals surface area contributed by atoms with Crippen LogP contribution < -0.4 is 5.32 Å². The molecular weight excluding hydrogens is 244 g/mol. The molecule has 1 aromatic rings. The molecule has 0 radical (unpaired) electrons. The number of amides is 1. The first-order chi connectivity index (χ1) is 8.72. The number of carbonyl (C=O) groups is 1. The third-order valence-corrected chi connectivity index (χ3v) is 4.90. The van der Waals surface area contributed by atoms with E-state index in [2.05, 4.69) is 10.2 Å². The van der Waals surface area contributed by atoms with Gasteiger partial charge in [0, 0.05) is 24.0 Å². The maximum atomic E-state index is 11.9. The molecule has 0 unspecified atom stereocenters. The van der Waals surface area contributed by atoms with Crippen molar-refractivity contribution in [1.29, 1.82) is 0 Å². The van der Waals surface area contributed by atoms with Gasteiger partial charge in [-0.1, -0.05) is 0 Å². The lowest BCUT2D eigenvalue weighted by molar-refractivity contribution is 0.0951. The molecule has 4 heteroatoms. The molecule has 1 N–H and O–H groups in total. The van der Waals surface area contributed by atoms with E-state index in [9.17, 15) is 4.79 Å². The van der Waals surface area contributed by atoms with Gasteiger partial charge in [-0.05, 0) is 50.8 Å². The van der Waals surface area contributed by atoms with Crippen LogP contribution in [-0.4, -0.2) is 36.5 Å². The van der Waals surface area contributed by atoms with Gasteiger partial charge >= 0.3 is 0 Å². The molecule has 1 saturated carbocycles. The van der Waals surface area contributed by atoms with Gasteiger partial charge in [-0.3, -0.25) is 4.79 Å². The topological polar surface area (TPSA) is 32.3 Å². The molecular formula is C14H20N2OS. The van der Waals surface area contributed by atoms with Crippen molar-refractivity contribution < 1.29 is 4.79 Å². The summed E-state index contributed by atoms with van der Waals surface area (Å²) in [6, 6.07) is 4.79. The zero-order valence-electron chi connectivity index (χ0n) is 10.8. The van der Waals surface area contributed by atoms with Crippen molar-refractivity contribution in [2.24, 2.45) is 5.92 Å². The lowest BCUT2D eigenvalue weighted by Crippen LogP contribution is -2.31. The maximum Gasteiger partial charge on any atom is 0.261 e. The van der Waals surface area contributed by atoms with Gasteiger partial charge in [0.2, 0.25) is 0 Å². The first-order valence-electron chi connectivity index (χ1n) is 6.81. The smallest absolute Gasteiger partial charge is 0.261 e. The number of rotatable bonds is 4. The fourth-order valence-corrected chi connectivity index (χ4v) is 3.47. The highest BCUT2D eigenvalue weighted by atomic mass is 32.1. The monoisotopic (exact) mass is 264 g/mol. The average Bonchev–Trinajstić information content (AvgIpc) is 2.95. The molecule has 1 aromatic heterocycles. The zero-order chi connectivity index (χ0) is 12.5. The molecule has 18 heavy (non-hydrogen) atoms. The Labute approximate surface area is 112 Å². The fraction of sp³-hybridized carbons (Fsp3) is 0.643. The molecule has 1 atom stereocenters. The molecule has 0 spiro atoms. The molecule has 2 fully saturated rings. The number of nitrogens with zero attached hydrogens (tertiary/aromatic N) is 1. The summed E-state index contributed by atoms with van der Waals surface area (Å²) in [5.41, 5.74) is 0. The molecule has 0 bridgehead atoms. The van der Waals surface area contributed by atoms with Crippen molar-refractivity contribution in [3.63, 3.8) is 0 Å². The van der Waals surface area contributed by atoms with E-state index in [1.54, 1.807) is 11.3 Å². The normalized spacial score (nSPS) is 24.4. The number of nitrogens with one attached hydrogen (secondary N) is 1. The number of carbonyl (C=O) groups excluding carboxylic acids is 1. The highest BCUT2D eigenvalue weighted by Gasteiger charge is 2.34. The van der Waals surface area contributed by atoms with Crippen molar-refractivity contribution >= 4 is 17.2 Å². The molecule has 0 aromatic carbocycles. The van der Waals surface area contributed by atoms with Crippen LogP contribution in [0.4, 0.5) is 0 Å². The van der Waals surface area contributed by atoms with Crippen LogP contribution >= 0.6 is 11.3 Å². The predicted octanol–water partition coefficient (Wildman–Crippen LogP) is 2.27. The van der Waals surface area contributed by atoms with Crippen LogP contribution in [0.5, 0.6) is 0 Å². The van der Waals surface area contributed by atoms with Gasteiger partial charge in [0.05, 0.1) is 4.88 Å². The summed E-state index contributed by atoms with van der Waals surface area (Å²) in [5, 5.41) is 3.08. The van der Waals surface area contributed by atoms with Crippen molar-refractivity contribution in [1.82, 2.24) is 10.2 Å². The number of aryl methyl sites for hydroxylation is 1. The summed E-state index contributed by atoms with van der Waals surface area (Å²) in [5.74, 6) is 0.744. The van der Waals surface area contributed by atoms with Crippen LogP contribution in [0, 0.1) is 12.8 Å². The fourth-order valence-electron chi connectivity index (χ4n) is 2.68. The lowest BCUT2D eigenvalue weighted by atomic mass is 10.1. The highest BCUT2D eigenvalue weighted by molar-refractivity contribution is 7.13. The summed E-state index contributed by atoms with van der Waals surface area (Å²) in [6.07, 6.45) is 4.00. The zero-order valence-corrected chi connectivity index (χ0v) is 11.6. The Balaban J connectivity index is 1.45. The number of hydrogen-bond acceptors (Lipinski definition) is 3. The minimum Gasteiger partial charge on any atom is -0.351 e. The first-order valence-corrected chi connectivity index (χ1v) is 7.63. The average molecular weight is 264 g/mol. The largest absolute Gasteiger partial charge is 0.351 e. The second kappa shape index (κ2) is 5.02. The van der Waals surface area contributed by atoms with Crippen LogP contribution in [0.3, 0.4) is 0 Å². The molecule has 2 aliphatic rings. The van der Waals surface area contributed by atoms with Crippen LogP contribution in [0.1, 0.15) is 33.8 Å². The van der Waals surface area contributed by atoms with E-state index in [0.29, 0.717) is 5.92 Å². The van der Waals surface area contributed by atoms with E-state index < -0.39 is 0 Å². The van der Waals surface area contributed by atoms with Gasteiger partial charge in [-0.2, -0.15) is 0 Å². The molecule has 1 amide bonds. The SMILES string of the molecule is Cc1ccc(C(=O)NC[C@H]2CCN(C3CC3)C2)s1. The minimum atomic E-state index is 0.0953. The molecule has 1 saturated heterocycles. The Morgan fingerprint density at radius 1 is 1.44 bits per heavy atom. The van der Waals surface area contributed by atoms with Crippen LogP contribution in [0.25, 0.3) is 0 Å². The third-order valence-electron chi connectivity index (χ3n) is 3.90. The second-order valence-corrected chi connectivity index (χ2v) is 6.79. The minimum absolute atomic E-state index is 0.0953. The maximum absolute atomic E-state index is 11.9. The van der Waals surface area contributed by atoms with Gasteiger partial charge in [0.25, 0.3) is 5.91 Å². The van der Waals surface area contributed by atoms with Gasteiger partial charge in [0.15, 0.2) is 0 Å². The molecule has 98 valence electrons. The van der Waals surface area contributed by atoms with Crippen LogP contribution in [0.2, 0.25) is 0 Å². The van der Waals surface area contributed by atoms with Gasteiger partial charge < -0.3 is 10.2 Å². The van der Waals surface area contributed by atoms with Gasteiger partial charge in [-0.15, -0.1) is 11.3 Å². The molecule has 1 aliphatic heterocycles. The Kier molecular flexibility index (Phi) is 3.39. The Morgan fingerprint density at radius 2 is 2.28 bits per heavy atom. The van der Waals surface area contributed by atoms with Crippen molar-refractivity contribution in [2.75, 3.05) is 19.6 Å². The number of hydrogen-bond donors (Lipinski definition) is 1. The predicted molar refractivity (Wildman–Crippen MR) is 74.1 cm³/mol. The van der Waals surface area contributed by atoms with Crippen molar-refractivity contribution in [3.05, 3.63) is 21.9 Å². The van der Waals surface area contributed by atoms with E-state index >= 15 is 0 Å².